The minimum Gasteiger partial charge on any atom is -0.326 e. The molecule has 0 aromatic heterocycles. The molecule has 17 heavy (non-hydrogen) atoms. The van der Waals surface area contributed by atoms with Crippen LogP contribution in [0, 0.1) is 6.92 Å². The largest absolute Gasteiger partial charge is 0.326 e. The van der Waals surface area contributed by atoms with Crippen molar-refractivity contribution < 1.29 is 4.21 Å². The highest BCUT2D eigenvalue weighted by molar-refractivity contribution is 7.84. The van der Waals surface area contributed by atoms with Gasteiger partial charge in [0.15, 0.2) is 0 Å². The van der Waals surface area contributed by atoms with Crippen LogP contribution in [0.2, 0.25) is 0 Å². The Kier molecular flexibility index (Phi) is 6.45. The second-order valence-electron chi connectivity index (χ2n) is 4.46. The summed E-state index contributed by atoms with van der Waals surface area (Å²) in [5.74, 6) is 1.51. The van der Waals surface area contributed by atoms with Crippen molar-refractivity contribution in [3.05, 3.63) is 34.9 Å². The van der Waals surface area contributed by atoms with Gasteiger partial charge in [-0.2, -0.15) is 0 Å². The average Bonchev–Trinajstić information content (AvgIpc) is 2.32. The third kappa shape index (κ3) is 5.00. The number of nitrogens with two attached hydrogens (primary N) is 1. The number of unbranched alkanes of at least 4 members (excludes halogenated alkanes) is 2. The Morgan fingerprint density at radius 2 is 2.06 bits per heavy atom. The van der Waals surface area contributed by atoms with Crippen LogP contribution in [-0.4, -0.2) is 9.96 Å². The lowest BCUT2D eigenvalue weighted by atomic mass is 10.1. The van der Waals surface area contributed by atoms with E-state index in [1.54, 1.807) is 0 Å². The van der Waals surface area contributed by atoms with Gasteiger partial charge in [-0.1, -0.05) is 38.0 Å². The molecule has 0 spiro atoms. The maximum absolute atomic E-state index is 11.9. The van der Waals surface area contributed by atoms with Gasteiger partial charge in [0.05, 0.1) is 0 Å². The average molecular weight is 253 g/mol. The highest BCUT2D eigenvalue weighted by Crippen LogP contribution is 2.13. The number of rotatable bonds is 7. The predicted octanol–water partition coefficient (Wildman–Crippen LogP) is 2.89. The van der Waals surface area contributed by atoms with Crippen molar-refractivity contribution in [1.29, 1.82) is 0 Å². The van der Waals surface area contributed by atoms with Gasteiger partial charge in [0.2, 0.25) is 0 Å². The second-order valence-corrected chi connectivity index (χ2v) is 6.04. The molecule has 1 aromatic carbocycles. The molecule has 2 nitrogen and oxygen atoms in total. The van der Waals surface area contributed by atoms with Crippen LogP contribution in [0.4, 0.5) is 0 Å². The fourth-order valence-electron chi connectivity index (χ4n) is 1.81. The minimum atomic E-state index is -0.723. The third-order valence-corrected chi connectivity index (χ3v) is 4.31. The summed E-state index contributed by atoms with van der Waals surface area (Å²) in [4.78, 5) is 0. The van der Waals surface area contributed by atoms with Crippen LogP contribution in [0.25, 0.3) is 0 Å². The van der Waals surface area contributed by atoms with E-state index in [-0.39, 0.29) is 0 Å². The molecular formula is C14H23NOS. The van der Waals surface area contributed by atoms with Crippen LogP contribution < -0.4 is 5.73 Å². The fraction of sp³-hybridized carbons (Fsp3) is 0.571. The van der Waals surface area contributed by atoms with Gasteiger partial charge in [-0.25, -0.2) is 0 Å². The van der Waals surface area contributed by atoms with Crippen LogP contribution >= 0.6 is 0 Å². The highest BCUT2D eigenvalue weighted by Gasteiger charge is 2.05. The van der Waals surface area contributed by atoms with E-state index in [4.69, 9.17) is 5.73 Å². The van der Waals surface area contributed by atoms with Crippen LogP contribution in [0.15, 0.2) is 18.2 Å². The standard InChI is InChI=1S/C14H23NOS/c1-3-4-5-8-17(16)11-14-7-6-13(10-15)9-12(14)2/h6-7,9H,3-5,8,10-11,15H2,1-2H3. The topological polar surface area (TPSA) is 43.1 Å². The van der Waals surface area contributed by atoms with E-state index in [0.29, 0.717) is 12.3 Å². The summed E-state index contributed by atoms with van der Waals surface area (Å²) < 4.78 is 11.9. The van der Waals surface area contributed by atoms with Gasteiger partial charge < -0.3 is 5.73 Å². The lowest BCUT2D eigenvalue weighted by Gasteiger charge is -2.07. The zero-order chi connectivity index (χ0) is 12.7. The molecule has 0 amide bonds. The van der Waals surface area contributed by atoms with Crippen molar-refractivity contribution >= 4 is 10.8 Å². The van der Waals surface area contributed by atoms with Gasteiger partial charge in [-0.15, -0.1) is 0 Å². The maximum atomic E-state index is 11.9. The molecular weight excluding hydrogens is 230 g/mol. The van der Waals surface area contributed by atoms with Crippen molar-refractivity contribution in [2.75, 3.05) is 5.75 Å². The Bertz CT molecular complexity index is 376. The quantitative estimate of drug-likeness (QED) is 0.759. The summed E-state index contributed by atoms with van der Waals surface area (Å²) in [5.41, 5.74) is 9.13. The summed E-state index contributed by atoms with van der Waals surface area (Å²) in [5, 5.41) is 0. The van der Waals surface area contributed by atoms with Gasteiger partial charge in [0.25, 0.3) is 0 Å². The van der Waals surface area contributed by atoms with E-state index in [1.165, 1.54) is 24.0 Å². The molecule has 1 aromatic rings. The summed E-state index contributed by atoms with van der Waals surface area (Å²) >= 11 is 0. The van der Waals surface area contributed by atoms with Crippen LogP contribution in [0.3, 0.4) is 0 Å². The van der Waals surface area contributed by atoms with Crippen molar-refractivity contribution in [3.63, 3.8) is 0 Å². The summed E-state index contributed by atoms with van der Waals surface area (Å²) in [6.45, 7) is 4.80. The Morgan fingerprint density at radius 1 is 1.29 bits per heavy atom. The van der Waals surface area contributed by atoms with Crippen LogP contribution in [-0.2, 0) is 23.1 Å². The smallest absolute Gasteiger partial charge is 0.0488 e. The monoisotopic (exact) mass is 253 g/mol. The molecule has 2 N–H and O–H groups in total. The van der Waals surface area contributed by atoms with E-state index < -0.39 is 10.8 Å². The number of benzene rings is 1. The van der Waals surface area contributed by atoms with Crippen molar-refractivity contribution in [2.24, 2.45) is 5.73 Å². The molecule has 0 aliphatic carbocycles. The zero-order valence-electron chi connectivity index (χ0n) is 10.9. The Balaban J connectivity index is 2.53. The normalized spacial score (nSPS) is 12.6. The second kappa shape index (κ2) is 7.62. The summed E-state index contributed by atoms with van der Waals surface area (Å²) in [6.07, 6.45) is 3.43. The fourth-order valence-corrected chi connectivity index (χ4v) is 3.15. The Hall–Kier alpha value is -0.670. The SMILES string of the molecule is CCCCCS(=O)Cc1ccc(CN)cc1C. The van der Waals surface area contributed by atoms with E-state index in [9.17, 15) is 4.21 Å². The highest BCUT2D eigenvalue weighted by atomic mass is 32.2. The summed E-state index contributed by atoms with van der Waals surface area (Å²) in [6, 6.07) is 6.19. The van der Waals surface area contributed by atoms with E-state index in [2.05, 4.69) is 26.0 Å². The molecule has 1 rings (SSSR count). The van der Waals surface area contributed by atoms with Gasteiger partial charge in [-0.05, 0) is 30.0 Å². The zero-order valence-corrected chi connectivity index (χ0v) is 11.7. The summed E-state index contributed by atoms with van der Waals surface area (Å²) in [7, 11) is -0.723. The van der Waals surface area contributed by atoms with E-state index >= 15 is 0 Å². The number of hydrogen-bond donors (Lipinski definition) is 1. The number of hydrogen-bond acceptors (Lipinski definition) is 2. The lowest BCUT2D eigenvalue weighted by molar-refractivity contribution is 0.675. The first kappa shape index (κ1) is 14.4. The molecule has 0 heterocycles. The van der Waals surface area contributed by atoms with Gasteiger partial charge in [0.1, 0.15) is 0 Å². The molecule has 96 valence electrons. The molecule has 0 saturated heterocycles. The maximum Gasteiger partial charge on any atom is 0.0488 e. The van der Waals surface area contributed by atoms with Gasteiger partial charge >= 0.3 is 0 Å². The first-order chi connectivity index (χ1) is 8.17. The van der Waals surface area contributed by atoms with E-state index in [0.717, 1.165) is 17.7 Å². The molecule has 0 fully saturated rings. The first-order valence-electron chi connectivity index (χ1n) is 6.30. The third-order valence-electron chi connectivity index (χ3n) is 2.93. The minimum absolute atomic E-state index is 0.570. The Labute approximate surface area is 107 Å². The molecule has 0 radical (unpaired) electrons. The first-order valence-corrected chi connectivity index (χ1v) is 7.79. The molecule has 0 aliphatic rings. The Morgan fingerprint density at radius 3 is 2.65 bits per heavy atom. The molecule has 1 unspecified atom stereocenters. The molecule has 0 bridgehead atoms. The molecule has 3 heteroatoms. The predicted molar refractivity (Wildman–Crippen MR) is 75.3 cm³/mol. The van der Waals surface area contributed by atoms with Crippen molar-refractivity contribution in [3.8, 4) is 0 Å². The van der Waals surface area contributed by atoms with E-state index in [1.807, 2.05) is 6.07 Å². The van der Waals surface area contributed by atoms with Crippen LogP contribution in [0.5, 0.6) is 0 Å². The number of aryl methyl sites for hydroxylation is 1. The lowest BCUT2D eigenvalue weighted by Crippen LogP contribution is -2.04. The van der Waals surface area contributed by atoms with Crippen molar-refractivity contribution in [2.45, 2.75) is 45.4 Å². The molecule has 0 aliphatic heterocycles. The molecule has 0 saturated carbocycles. The van der Waals surface area contributed by atoms with Crippen molar-refractivity contribution in [1.82, 2.24) is 0 Å². The van der Waals surface area contributed by atoms with Gasteiger partial charge in [0, 0.05) is 28.9 Å². The van der Waals surface area contributed by atoms with Gasteiger partial charge in [-0.3, -0.25) is 4.21 Å². The van der Waals surface area contributed by atoms with Crippen LogP contribution in [0.1, 0.15) is 42.9 Å². The molecule has 1 atom stereocenters.